The molecule has 23 heavy (non-hydrogen) atoms. The zero-order valence-corrected chi connectivity index (χ0v) is 13.6. The molecule has 1 atom stereocenters. The predicted molar refractivity (Wildman–Crippen MR) is 93.0 cm³/mol. The third-order valence-electron chi connectivity index (χ3n) is 4.25. The Kier molecular flexibility index (Phi) is 3.50. The summed E-state index contributed by atoms with van der Waals surface area (Å²) in [5, 5.41) is 4.99. The van der Waals surface area contributed by atoms with Crippen LogP contribution in [0.5, 0.6) is 0 Å². The van der Waals surface area contributed by atoms with Gasteiger partial charge in [0.2, 0.25) is 5.95 Å². The minimum Gasteiger partial charge on any atom is -0.450 e. The molecule has 0 saturated carbocycles. The van der Waals surface area contributed by atoms with Crippen molar-refractivity contribution in [1.29, 1.82) is 0 Å². The number of nitrogens with two attached hydrogens (primary N) is 1. The lowest BCUT2D eigenvalue weighted by atomic mass is 10.2. The number of nitrogen functional groups attached to an aromatic ring is 1. The number of aromatic nitrogens is 2. The Labute approximate surface area is 138 Å². The molecular weight excluding hydrogens is 314 g/mol. The van der Waals surface area contributed by atoms with Gasteiger partial charge in [-0.15, -0.1) is 0 Å². The maximum absolute atomic E-state index is 6.10. The molecule has 3 heterocycles. The molecule has 1 aliphatic rings. The molecular formula is C16H18ClN5O. The van der Waals surface area contributed by atoms with Crippen molar-refractivity contribution >= 4 is 45.4 Å². The number of benzene rings is 1. The minimum absolute atomic E-state index is 0.252. The number of furan rings is 1. The first-order chi connectivity index (χ1) is 11.2. The zero-order chi connectivity index (χ0) is 16.0. The standard InChI is InChI=1S/C16H18ClN5O/c1-2-19-10-5-6-22(8-10)15-14-13(20-16(18)21-15)11-7-9(17)3-4-12(11)23-14/h3-4,7,10,19H,2,5-6,8H2,1H3,(H2,18,20,21)/t10-/m1/s1. The highest BCUT2D eigenvalue weighted by atomic mass is 35.5. The third-order valence-corrected chi connectivity index (χ3v) is 4.49. The number of halogens is 1. The summed E-state index contributed by atoms with van der Waals surface area (Å²) in [5.41, 5.74) is 8.07. The van der Waals surface area contributed by atoms with E-state index in [1.807, 2.05) is 12.1 Å². The van der Waals surface area contributed by atoms with Crippen LogP contribution >= 0.6 is 11.6 Å². The molecule has 1 aliphatic heterocycles. The summed E-state index contributed by atoms with van der Waals surface area (Å²) in [4.78, 5) is 11.0. The van der Waals surface area contributed by atoms with E-state index in [1.54, 1.807) is 6.07 Å². The average Bonchev–Trinajstić information content (AvgIpc) is 3.12. The molecule has 0 radical (unpaired) electrons. The lowest BCUT2D eigenvalue weighted by molar-refractivity contribution is 0.571. The van der Waals surface area contributed by atoms with Gasteiger partial charge in [-0.2, -0.15) is 4.98 Å². The van der Waals surface area contributed by atoms with E-state index >= 15 is 0 Å². The smallest absolute Gasteiger partial charge is 0.222 e. The molecule has 0 bridgehead atoms. The lowest BCUT2D eigenvalue weighted by Gasteiger charge is -2.17. The first-order valence-corrected chi connectivity index (χ1v) is 8.17. The summed E-state index contributed by atoms with van der Waals surface area (Å²) in [6.07, 6.45) is 1.07. The Bertz CT molecular complexity index is 878. The summed E-state index contributed by atoms with van der Waals surface area (Å²) in [7, 11) is 0. The molecule has 0 amide bonds. The van der Waals surface area contributed by atoms with Gasteiger partial charge in [-0.05, 0) is 31.2 Å². The Morgan fingerprint density at radius 3 is 3.13 bits per heavy atom. The highest BCUT2D eigenvalue weighted by Crippen LogP contribution is 2.35. The highest BCUT2D eigenvalue weighted by Gasteiger charge is 2.26. The second-order valence-corrected chi connectivity index (χ2v) is 6.25. The number of anilines is 2. The summed E-state index contributed by atoms with van der Waals surface area (Å²) in [6.45, 7) is 4.88. The lowest BCUT2D eigenvalue weighted by Crippen LogP contribution is -2.32. The van der Waals surface area contributed by atoms with Crippen LogP contribution in [0.1, 0.15) is 13.3 Å². The zero-order valence-electron chi connectivity index (χ0n) is 12.8. The van der Waals surface area contributed by atoms with Crippen LogP contribution in [-0.4, -0.2) is 35.6 Å². The van der Waals surface area contributed by atoms with E-state index in [0.29, 0.717) is 16.6 Å². The van der Waals surface area contributed by atoms with E-state index in [2.05, 4.69) is 27.1 Å². The molecule has 0 spiro atoms. The predicted octanol–water partition coefficient (Wildman–Crippen LogP) is 2.80. The molecule has 3 aromatic rings. The van der Waals surface area contributed by atoms with E-state index in [9.17, 15) is 0 Å². The van der Waals surface area contributed by atoms with Gasteiger partial charge < -0.3 is 20.4 Å². The molecule has 7 heteroatoms. The van der Waals surface area contributed by atoms with Crippen molar-refractivity contribution in [2.75, 3.05) is 30.3 Å². The van der Waals surface area contributed by atoms with Gasteiger partial charge in [0.05, 0.1) is 0 Å². The van der Waals surface area contributed by atoms with Crippen LogP contribution in [0.2, 0.25) is 5.02 Å². The monoisotopic (exact) mass is 331 g/mol. The molecule has 1 saturated heterocycles. The van der Waals surface area contributed by atoms with Gasteiger partial charge in [0, 0.05) is 29.5 Å². The van der Waals surface area contributed by atoms with Crippen molar-refractivity contribution in [3.8, 4) is 0 Å². The van der Waals surface area contributed by atoms with Crippen molar-refractivity contribution in [3.05, 3.63) is 23.2 Å². The summed E-state index contributed by atoms with van der Waals surface area (Å²) < 4.78 is 6.00. The second kappa shape index (κ2) is 5.54. The van der Waals surface area contributed by atoms with Crippen molar-refractivity contribution in [3.63, 3.8) is 0 Å². The van der Waals surface area contributed by atoms with E-state index in [-0.39, 0.29) is 5.95 Å². The molecule has 0 unspecified atom stereocenters. The molecule has 0 aliphatic carbocycles. The number of hydrogen-bond acceptors (Lipinski definition) is 6. The van der Waals surface area contributed by atoms with Crippen LogP contribution in [0.3, 0.4) is 0 Å². The summed E-state index contributed by atoms with van der Waals surface area (Å²) in [6, 6.07) is 5.97. The molecule has 1 fully saturated rings. The van der Waals surface area contributed by atoms with Gasteiger partial charge in [0.1, 0.15) is 11.1 Å². The van der Waals surface area contributed by atoms with Crippen LogP contribution < -0.4 is 16.0 Å². The molecule has 120 valence electrons. The summed E-state index contributed by atoms with van der Waals surface area (Å²) in [5.74, 6) is 1.02. The quantitative estimate of drug-likeness (QED) is 0.768. The first-order valence-electron chi connectivity index (χ1n) is 7.79. The molecule has 2 aromatic heterocycles. The van der Waals surface area contributed by atoms with Gasteiger partial charge in [-0.25, -0.2) is 4.98 Å². The van der Waals surface area contributed by atoms with Crippen molar-refractivity contribution in [2.45, 2.75) is 19.4 Å². The Balaban J connectivity index is 1.85. The number of rotatable bonds is 3. The van der Waals surface area contributed by atoms with Crippen molar-refractivity contribution in [1.82, 2.24) is 15.3 Å². The number of hydrogen-bond donors (Lipinski definition) is 2. The average molecular weight is 332 g/mol. The number of likely N-dealkylation sites (N-methyl/N-ethyl adjacent to an activating group) is 1. The SMILES string of the molecule is CCN[C@@H]1CCN(c2nc(N)nc3c2oc2ccc(Cl)cc23)C1. The van der Waals surface area contributed by atoms with Gasteiger partial charge >= 0.3 is 0 Å². The van der Waals surface area contributed by atoms with E-state index in [0.717, 1.165) is 48.4 Å². The molecule has 1 aromatic carbocycles. The Hall–Kier alpha value is -2.05. The molecule has 6 nitrogen and oxygen atoms in total. The van der Waals surface area contributed by atoms with Gasteiger partial charge in [-0.3, -0.25) is 0 Å². The Morgan fingerprint density at radius 2 is 2.30 bits per heavy atom. The van der Waals surface area contributed by atoms with Crippen LogP contribution in [0.25, 0.3) is 22.1 Å². The van der Waals surface area contributed by atoms with E-state index in [1.165, 1.54) is 0 Å². The number of nitrogens with zero attached hydrogens (tertiary/aromatic N) is 3. The highest BCUT2D eigenvalue weighted by molar-refractivity contribution is 6.31. The third kappa shape index (κ3) is 2.48. The second-order valence-electron chi connectivity index (χ2n) is 5.81. The van der Waals surface area contributed by atoms with Gasteiger partial charge in [0.15, 0.2) is 11.4 Å². The number of nitrogens with one attached hydrogen (secondary N) is 1. The van der Waals surface area contributed by atoms with Crippen molar-refractivity contribution < 1.29 is 4.42 Å². The maximum Gasteiger partial charge on any atom is 0.222 e. The van der Waals surface area contributed by atoms with E-state index < -0.39 is 0 Å². The number of fused-ring (bicyclic) bond motifs is 3. The maximum atomic E-state index is 6.10. The molecule has 3 N–H and O–H groups in total. The largest absolute Gasteiger partial charge is 0.450 e. The van der Waals surface area contributed by atoms with Gasteiger partial charge in [0.25, 0.3) is 0 Å². The van der Waals surface area contributed by atoms with Gasteiger partial charge in [-0.1, -0.05) is 18.5 Å². The van der Waals surface area contributed by atoms with Crippen LogP contribution in [0.15, 0.2) is 22.6 Å². The fourth-order valence-electron chi connectivity index (χ4n) is 3.24. The normalized spacial score (nSPS) is 18.3. The van der Waals surface area contributed by atoms with Crippen LogP contribution in [0, 0.1) is 0 Å². The first kappa shape index (κ1) is 14.5. The topological polar surface area (TPSA) is 80.2 Å². The van der Waals surface area contributed by atoms with Crippen molar-refractivity contribution in [2.24, 2.45) is 0 Å². The van der Waals surface area contributed by atoms with Crippen LogP contribution in [-0.2, 0) is 0 Å². The fourth-order valence-corrected chi connectivity index (χ4v) is 3.41. The van der Waals surface area contributed by atoms with Crippen LogP contribution in [0.4, 0.5) is 11.8 Å². The minimum atomic E-state index is 0.252. The summed E-state index contributed by atoms with van der Waals surface area (Å²) >= 11 is 6.10. The van der Waals surface area contributed by atoms with E-state index in [4.69, 9.17) is 21.8 Å². The Morgan fingerprint density at radius 1 is 1.43 bits per heavy atom. The molecule has 4 rings (SSSR count). The fraction of sp³-hybridized carbons (Fsp3) is 0.375.